The zero-order valence-electron chi connectivity index (χ0n) is 12.5. The lowest BCUT2D eigenvalue weighted by atomic mass is 9.81. The van der Waals surface area contributed by atoms with Gasteiger partial charge in [0.15, 0.2) is 0 Å². The van der Waals surface area contributed by atoms with E-state index in [0.29, 0.717) is 12.1 Å². The second-order valence-electron chi connectivity index (χ2n) is 5.67. The van der Waals surface area contributed by atoms with Gasteiger partial charge in [-0.1, -0.05) is 26.2 Å². The fourth-order valence-electron chi connectivity index (χ4n) is 3.39. The molecule has 2 nitrogen and oxygen atoms in total. The van der Waals surface area contributed by atoms with Crippen molar-refractivity contribution in [3.63, 3.8) is 0 Å². The lowest BCUT2D eigenvalue weighted by Crippen LogP contribution is -2.46. The van der Waals surface area contributed by atoms with E-state index in [-0.39, 0.29) is 0 Å². The fourth-order valence-corrected chi connectivity index (χ4v) is 4.93. The van der Waals surface area contributed by atoms with Crippen molar-refractivity contribution in [2.75, 3.05) is 13.7 Å². The van der Waals surface area contributed by atoms with Crippen LogP contribution >= 0.6 is 27.3 Å². The minimum absolute atomic E-state index is 0.344. The summed E-state index contributed by atoms with van der Waals surface area (Å²) in [5, 5.41) is 3.66. The van der Waals surface area contributed by atoms with Crippen molar-refractivity contribution in [1.29, 1.82) is 0 Å². The third kappa shape index (κ3) is 4.55. The summed E-state index contributed by atoms with van der Waals surface area (Å²) in [6.07, 6.45) is 8.21. The van der Waals surface area contributed by atoms with Crippen LogP contribution in [0.1, 0.15) is 43.9 Å². The van der Waals surface area contributed by atoms with Gasteiger partial charge in [-0.2, -0.15) is 0 Å². The third-order valence-electron chi connectivity index (χ3n) is 4.30. The molecule has 4 heteroatoms. The standard InChI is InChI=1S/C16H26BrNOS/c1-3-18-14(11-13-9-10-15(17)20-13)16(19-2)12-7-5-4-6-8-12/h9-10,12,14,16,18H,3-8,11H2,1-2H3. The number of methoxy groups -OCH3 is 1. The first kappa shape index (κ1) is 16.5. The minimum Gasteiger partial charge on any atom is -0.380 e. The van der Waals surface area contributed by atoms with Gasteiger partial charge in [-0.25, -0.2) is 0 Å². The van der Waals surface area contributed by atoms with E-state index in [1.54, 1.807) is 0 Å². The molecule has 0 amide bonds. The molecule has 1 aromatic rings. The van der Waals surface area contributed by atoms with E-state index in [1.165, 1.54) is 40.8 Å². The van der Waals surface area contributed by atoms with E-state index in [9.17, 15) is 0 Å². The lowest BCUT2D eigenvalue weighted by molar-refractivity contribution is 0.00887. The molecule has 1 aromatic heterocycles. The first-order chi connectivity index (χ1) is 9.74. The van der Waals surface area contributed by atoms with Gasteiger partial charge in [-0.15, -0.1) is 11.3 Å². The Balaban J connectivity index is 2.03. The number of hydrogen-bond acceptors (Lipinski definition) is 3. The molecular formula is C16H26BrNOS. The van der Waals surface area contributed by atoms with Crippen molar-refractivity contribution in [3.05, 3.63) is 20.8 Å². The van der Waals surface area contributed by atoms with Gasteiger partial charge in [-0.05, 0) is 59.8 Å². The topological polar surface area (TPSA) is 21.3 Å². The summed E-state index contributed by atoms with van der Waals surface area (Å²) < 4.78 is 7.13. The summed E-state index contributed by atoms with van der Waals surface area (Å²) in [7, 11) is 1.88. The summed E-state index contributed by atoms with van der Waals surface area (Å²) in [6, 6.07) is 4.80. The van der Waals surface area contributed by atoms with E-state index >= 15 is 0 Å². The third-order valence-corrected chi connectivity index (χ3v) is 5.95. The summed E-state index contributed by atoms with van der Waals surface area (Å²) in [5.41, 5.74) is 0. The molecule has 0 spiro atoms. The maximum atomic E-state index is 5.91. The normalized spacial score (nSPS) is 19.9. The minimum atomic E-state index is 0.344. The van der Waals surface area contributed by atoms with Crippen LogP contribution in [0.2, 0.25) is 0 Å². The first-order valence-corrected chi connectivity index (χ1v) is 9.36. The van der Waals surface area contributed by atoms with E-state index < -0.39 is 0 Å². The van der Waals surface area contributed by atoms with E-state index in [4.69, 9.17) is 4.74 Å². The zero-order chi connectivity index (χ0) is 14.4. The summed E-state index contributed by atoms with van der Waals surface area (Å²) >= 11 is 5.40. The molecule has 2 atom stereocenters. The van der Waals surface area contributed by atoms with Crippen LogP contribution in [0.25, 0.3) is 0 Å². The quantitative estimate of drug-likeness (QED) is 0.766. The van der Waals surface area contributed by atoms with Crippen molar-refractivity contribution < 1.29 is 4.74 Å². The highest BCUT2D eigenvalue weighted by molar-refractivity contribution is 9.11. The van der Waals surface area contributed by atoms with E-state index in [1.807, 2.05) is 18.4 Å². The van der Waals surface area contributed by atoms with Gasteiger partial charge in [0.2, 0.25) is 0 Å². The van der Waals surface area contributed by atoms with Crippen molar-refractivity contribution >= 4 is 27.3 Å². The molecule has 2 unspecified atom stereocenters. The van der Waals surface area contributed by atoms with Gasteiger partial charge in [0, 0.05) is 18.0 Å². The maximum Gasteiger partial charge on any atom is 0.0755 e. The van der Waals surface area contributed by atoms with Gasteiger partial charge in [0.25, 0.3) is 0 Å². The monoisotopic (exact) mass is 359 g/mol. The molecule has 1 fully saturated rings. The van der Waals surface area contributed by atoms with Crippen LogP contribution in [0.3, 0.4) is 0 Å². The van der Waals surface area contributed by atoms with Crippen LogP contribution < -0.4 is 5.32 Å². The summed E-state index contributed by atoms with van der Waals surface area (Å²) in [4.78, 5) is 1.43. The number of thiophene rings is 1. The van der Waals surface area contributed by atoms with Gasteiger partial charge in [0.05, 0.1) is 9.89 Å². The number of halogens is 1. The molecule has 1 saturated carbocycles. The highest BCUT2D eigenvalue weighted by Gasteiger charge is 2.30. The predicted molar refractivity (Wildman–Crippen MR) is 90.6 cm³/mol. The Hall–Kier alpha value is 0.1000. The number of likely N-dealkylation sites (N-methyl/N-ethyl adjacent to an activating group) is 1. The Morgan fingerprint density at radius 3 is 2.65 bits per heavy atom. The largest absolute Gasteiger partial charge is 0.380 e. The highest BCUT2D eigenvalue weighted by atomic mass is 79.9. The van der Waals surface area contributed by atoms with Crippen LogP contribution in [0.4, 0.5) is 0 Å². The predicted octanol–water partition coefficient (Wildman–Crippen LogP) is 4.63. The molecule has 114 valence electrons. The Kier molecular flexibility index (Phi) is 7.02. The van der Waals surface area contributed by atoms with Gasteiger partial charge in [0.1, 0.15) is 0 Å². The Labute approximate surface area is 135 Å². The number of ether oxygens (including phenoxy) is 1. The van der Waals surface area contributed by atoms with Crippen molar-refractivity contribution in [3.8, 4) is 0 Å². The zero-order valence-corrected chi connectivity index (χ0v) is 14.9. The molecule has 2 rings (SSSR count). The molecule has 1 heterocycles. The SMILES string of the molecule is CCNC(Cc1ccc(Br)s1)C(OC)C1CCCCC1. The van der Waals surface area contributed by atoms with Crippen LogP contribution in [0.15, 0.2) is 15.9 Å². The average Bonchev–Trinajstić information content (AvgIpc) is 2.86. The van der Waals surface area contributed by atoms with Crippen molar-refractivity contribution in [1.82, 2.24) is 5.32 Å². The van der Waals surface area contributed by atoms with E-state index in [2.05, 4.69) is 40.3 Å². The van der Waals surface area contributed by atoms with Gasteiger partial charge >= 0.3 is 0 Å². The Morgan fingerprint density at radius 1 is 1.35 bits per heavy atom. The summed E-state index contributed by atoms with van der Waals surface area (Å²) in [5.74, 6) is 0.723. The smallest absolute Gasteiger partial charge is 0.0755 e. The number of hydrogen-bond donors (Lipinski definition) is 1. The highest BCUT2D eigenvalue weighted by Crippen LogP contribution is 2.31. The molecule has 20 heavy (non-hydrogen) atoms. The van der Waals surface area contributed by atoms with Crippen LogP contribution in [-0.4, -0.2) is 25.8 Å². The van der Waals surface area contributed by atoms with Gasteiger partial charge < -0.3 is 10.1 Å². The molecule has 0 saturated heterocycles. The molecule has 1 aliphatic carbocycles. The van der Waals surface area contributed by atoms with Crippen molar-refractivity contribution in [2.24, 2.45) is 5.92 Å². The Bertz CT molecular complexity index is 390. The molecule has 1 aliphatic rings. The fraction of sp³-hybridized carbons (Fsp3) is 0.750. The van der Waals surface area contributed by atoms with Crippen molar-refractivity contribution in [2.45, 2.75) is 57.6 Å². The summed E-state index contributed by atoms with van der Waals surface area (Å²) in [6.45, 7) is 3.19. The second kappa shape index (κ2) is 8.52. The molecule has 0 radical (unpaired) electrons. The second-order valence-corrected chi connectivity index (χ2v) is 8.22. The first-order valence-electron chi connectivity index (χ1n) is 7.75. The van der Waals surface area contributed by atoms with Crippen LogP contribution in [0.5, 0.6) is 0 Å². The molecule has 0 aromatic carbocycles. The maximum absolute atomic E-state index is 5.91. The molecule has 1 N–H and O–H groups in total. The molecular weight excluding hydrogens is 334 g/mol. The molecule has 0 aliphatic heterocycles. The van der Waals surface area contributed by atoms with Crippen LogP contribution in [0, 0.1) is 5.92 Å². The average molecular weight is 360 g/mol. The van der Waals surface area contributed by atoms with E-state index in [0.717, 1.165) is 18.9 Å². The van der Waals surface area contributed by atoms with Crippen LogP contribution in [-0.2, 0) is 11.2 Å². The number of nitrogens with one attached hydrogen (secondary N) is 1. The lowest BCUT2D eigenvalue weighted by Gasteiger charge is -2.35. The molecule has 0 bridgehead atoms. The number of rotatable bonds is 7. The Morgan fingerprint density at radius 2 is 2.10 bits per heavy atom. The van der Waals surface area contributed by atoms with Gasteiger partial charge in [-0.3, -0.25) is 0 Å².